The molecule has 2 aliphatic heterocycles. The van der Waals surface area contributed by atoms with E-state index in [1.54, 1.807) is 4.90 Å². The van der Waals surface area contributed by atoms with E-state index in [2.05, 4.69) is 13.0 Å². The highest BCUT2D eigenvalue weighted by molar-refractivity contribution is 6.07. The van der Waals surface area contributed by atoms with E-state index in [4.69, 9.17) is 19.2 Å². The van der Waals surface area contributed by atoms with Crippen molar-refractivity contribution < 1.29 is 23.8 Å². The largest absolute Gasteiger partial charge is 0.454 e. The Balaban J connectivity index is 1.29. The molecule has 1 amide bonds. The van der Waals surface area contributed by atoms with Crippen molar-refractivity contribution in [3.8, 4) is 11.5 Å². The topological polar surface area (TPSA) is 78.0 Å². The lowest BCUT2D eigenvalue weighted by atomic mass is 9.99. The lowest BCUT2D eigenvalue weighted by Crippen LogP contribution is -2.40. The van der Waals surface area contributed by atoms with Crippen LogP contribution in [-0.4, -0.2) is 48.2 Å². The highest BCUT2D eigenvalue weighted by Crippen LogP contribution is 2.39. The molecule has 0 radical (unpaired) electrons. The zero-order valence-corrected chi connectivity index (χ0v) is 20.3. The van der Waals surface area contributed by atoms with Crippen LogP contribution in [-0.2, 0) is 16.0 Å². The molecule has 0 spiro atoms. The molecule has 6 rings (SSSR count). The van der Waals surface area contributed by atoms with Crippen molar-refractivity contribution in [3.63, 3.8) is 0 Å². The van der Waals surface area contributed by atoms with E-state index >= 15 is 0 Å². The number of fused-ring (bicyclic) bond motifs is 3. The molecule has 7 nitrogen and oxygen atoms in total. The van der Waals surface area contributed by atoms with Crippen molar-refractivity contribution in [1.29, 1.82) is 0 Å². The molecular formula is C29H28N2O5. The smallest absolute Gasteiger partial charge is 0.339 e. The number of pyridine rings is 1. The number of likely N-dealkylation sites (tertiary alicyclic amines) is 1. The third-order valence-corrected chi connectivity index (χ3v) is 7.35. The van der Waals surface area contributed by atoms with Crippen LogP contribution in [0.3, 0.4) is 0 Å². The Hall–Kier alpha value is -3.87. The van der Waals surface area contributed by atoms with Crippen LogP contribution in [0.1, 0.15) is 53.4 Å². The van der Waals surface area contributed by atoms with Crippen LogP contribution in [0.2, 0.25) is 0 Å². The minimum atomic E-state index is -0.465. The number of hydrogen-bond acceptors (Lipinski definition) is 6. The van der Waals surface area contributed by atoms with Crippen molar-refractivity contribution in [2.75, 3.05) is 26.5 Å². The fraction of sp³-hybridized carbons (Fsp3) is 0.345. The molecule has 0 atom stereocenters. The van der Waals surface area contributed by atoms with Crippen molar-refractivity contribution in [1.82, 2.24) is 9.88 Å². The van der Waals surface area contributed by atoms with Crippen molar-refractivity contribution in [3.05, 3.63) is 64.8 Å². The molecule has 2 aromatic carbocycles. The molecule has 36 heavy (non-hydrogen) atoms. The number of hydrogen-bond donors (Lipinski definition) is 0. The lowest BCUT2D eigenvalue weighted by Gasteiger charge is -2.30. The molecular weight excluding hydrogens is 456 g/mol. The molecule has 1 aliphatic carbocycles. The third-order valence-electron chi connectivity index (χ3n) is 7.35. The summed E-state index contributed by atoms with van der Waals surface area (Å²) in [5.41, 5.74) is 4.99. The zero-order chi connectivity index (χ0) is 24.6. The van der Waals surface area contributed by atoms with Crippen LogP contribution in [0.25, 0.3) is 22.6 Å². The van der Waals surface area contributed by atoms with E-state index < -0.39 is 5.97 Å². The van der Waals surface area contributed by atoms with Gasteiger partial charge in [0.1, 0.15) is 0 Å². The lowest BCUT2D eigenvalue weighted by molar-refractivity contribution is -0.135. The van der Waals surface area contributed by atoms with Crippen molar-refractivity contribution in [2.45, 2.75) is 32.6 Å². The van der Waals surface area contributed by atoms with Gasteiger partial charge in [0.15, 0.2) is 18.1 Å². The van der Waals surface area contributed by atoms with Gasteiger partial charge in [-0.2, -0.15) is 0 Å². The standard InChI is InChI=1S/C29H28N2O5/c1-18-10-12-31(13-11-18)26(32)16-34-29(33)27-21-4-2-3-5-23(21)30-28-20(7-8-22(27)28)14-19-6-9-24-25(15-19)36-17-35-24/h2-6,9,14-15,18H,7-8,10-13,16-17H2,1H3. The Bertz CT molecular complexity index is 1390. The Morgan fingerprint density at radius 1 is 1.08 bits per heavy atom. The first-order valence-electron chi connectivity index (χ1n) is 12.5. The summed E-state index contributed by atoms with van der Waals surface area (Å²) in [6.45, 7) is 3.64. The number of rotatable bonds is 4. The summed E-state index contributed by atoms with van der Waals surface area (Å²) in [5, 5.41) is 0.754. The third kappa shape index (κ3) is 4.19. The number of esters is 1. The first kappa shape index (κ1) is 22.6. The number of carbonyl (C=O) groups excluding carboxylic acids is 2. The molecule has 1 aromatic heterocycles. The van der Waals surface area contributed by atoms with Crippen molar-refractivity contribution in [2.24, 2.45) is 5.92 Å². The van der Waals surface area contributed by atoms with Gasteiger partial charge in [-0.1, -0.05) is 31.2 Å². The molecule has 0 unspecified atom stereocenters. The number of piperidine rings is 1. The molecule has 3 aromatic rings. The Morgan fingerprint density at radius 2 is 1.89 bits per heavy atom. The van der Waals surface area contributed by atoms with Gasteiger partial charge in [0.25, 0.3) is 5.91 Å². The predicted octanol–water partition coefficient (Wildman–Crippen LogP) is 4.87. The first-order chi connectivity index (χ1) is 17.6. The Morgan fingerprint density at radius 3 is 2.75 bits per heavy atom. The first-order valence-corrected chi connectivity index (χ1v) is 12.5. The van der Waals surface area contributed by atoms with Gasteiger partial charge in [-0.3, -0.25) is 4.79 Å². The van der Waals surface area contributed by atoms with Gasteiger partial charge in [-0.15, -0.1) is 0 Å². The average Bonchev–Trinajstić information content (AvgIpc) is 3.53. The van der Waals surface area contributed by atoms with Crippen LogP contribution in [0.15, 0.2) is 42.5 Å². The molecule has 184 valence electrons. The van der Waals surface area contributed by atoms with Gasteiger partial charge in [0.05, 0.1) is 16.8 Å². The van der Waals surface area contributed by atoms with Crippen LogP contribution in [0.5, 0.6) is 11.5 Å². The highest BCUT2D eigenvalue weighted by atomic mass is 16.7. The molecule has 3 heterocycles. The van der Waals surface area contributed by atoms with E-state index in [1.807, 2.05) is 42.5 Å². The van der Waals surface area contributed by atoms with E-state index in [1.165, 1.54) is 0 Å². The van der Waals surface area contributed by atoms with Crippen molar-refractivity contribution >= 4 is 34.4 Å². The fourth-order valence-electron chi connectivity index (χ4n) is 5.27. The maximum Gasteiger partial charge on any atom is 0.339 e. The number of nitrogens with zero attached hydrogens (tertiary/aromatic N) is 2. The average molecular weight is 485 g/mol. The number of benzene rings is 2. The number of carbonyl (C=O) groups is 2. The summed E-state index contributed by atoms with van der Waals surface area (Å²) in [7, 11) is 0. The number of amides is 1. The van der Waals surface area contributed by atoms with Gasteiger partial charge in [0.2, 0.25) is 6.79 Å². The normalized spacial score (nSPS) is 18.0. The summed E-state index contributed by atoms with van der Waals surface area (Å²) in [6, 6.07) is 13.5. The summed E-state index contributed by atoms with van der Waals surface area (Å²) in [6.07, 6.45) is 5.51. The zero-order valence-electron chi connectivity index (χ0n) is 20.3. The minimum Gasteiger partial charge on any atom is -0.454 e. The summed E-state index contributed by atoms with van der Waals surface area (Å²) >= 11 is 0. The molecule has 0 saturated carbocycles. The Kier molecular flexibility index (Phi) is 5.83. The van der Waals surface area contributed by atoms with E-state index in [9.17, 15) is 9.59 Å². The Labute approximate surface area is 209 Å². The van der Waals surface area contributed by atoms with Crippen LogP contribution in [0, 0.1) is 5.92 Å². The molecule has 7 heteroatoms. The van der Waals surface area contributed by atoms with Gasteiger partial charge < -0.3 is 19.1 Å². The molecule has 1 fully saturated rings. The van der Waals surface area contributed by atoms with Gasteiger partial charge in [-0.25, -0.2) is 9.78 Å². The van der Waals surface area contributed by atoms with Gasteiger partial charge in [-0.05, 0) is 72.6 Å². The van der Waals surface area contributed by atoms with E-state index in [0.717, 1.165) is 77.1 Å². The van der Waals surface area contributed by atoms with Crippen LogP contribution in [0.4, 0.5) is 0 Å². The molecule has 3 aliphatic rings. The number of ether oxygens (including phenoxy) is 3. The maximum atomic E-state index is 13.4. The molecule has 1 saturated heterocycles. The number of allylic oxidation sites excluding steroid dienone is 1. The second kappa shape index (κ2) is 9.30. The fourth-order valence-corrected chi connectivity index (χ4v) is 5.27. The van der Waals surface area contributed by atoms with Crippen LogP contribution < -0.4 is 9.47 Å². The SMILES string of the molecule is CC1CCN(C(=O)COC(=O)c2c3c(nc4ccccc24)C(=Cc2ccc4c(c2)OCO4)CC3)CC1. The van der Waals surface area contributed by atoms with E-state index in [0.29, 0.717) is 17.9 Å². The van der Waals surface area contributed by atoms with Gasteiger partial charge >= 0.3 is 5.97 Å². The maximum absolute atomic E-state index is 13.4. The summed E-state index contributed by atoms with van der Waals surface area (Å²) in [5.74, 6) is 1.50. The van der Waals surface area contributed by atoms with E-state index in [-0.39, 0.29) is 19.3 Å². The number of aromatic nitrogens is 1. The second-order valence-corrected chi connectivity index (χ2v) is 9.75. The minimum absolute atomic E-state index is 0.131. The van der Waals surface area contributed by atoms with Crippen LogP contribution >= 0.6 is 0 Å². The summed E-state index contributed by atoms with van der Waals surface area (Å²) < 4.78 is 16.5. The van der Waals surface area contributed by atoms with Gasteiger partial charge in [0, 0.05) is 18.5 Å². The predicted molar refractivity (Wildman–Crippen MR) is 136 cm³/mol. The monoisotopic (exact) mass is 484 g/mol. The second-order valence-electron chi connectivity index (χ2n) is 9.75. The molecule has 0 N–H and O–H groups in total. The molecule has 0 bridgehead atoms. The highest BCUT2D eigenvalue weighted by Gasteiger charge is 2.29. The quantitative estimate of drug-likeness (QED) is 0.492. The number of para-hydroxylation sites is 1. The summed E-state index contributed by atoms with van der Waals surface area (Å²) in [4.78, 5) is 32.8.